The number of nitrogens with zero attached hydrogens (tertiary/aromatic N) is 3. The summed E-state index contributed by atoms with van der Waals surface area (Å²) in [5, 5.41) is 4.08. The molecule has 3 aliphatic rings. The molecular weight excluding hydrogens is 266 g/mol. The Morgan fingerprint density at radius 2 is 2.19 bits per heavy atom. The van der Waals surface area contributed by atoms with Gasteiger partial charge >= 0.3 is 0 Å². The molecule has 3 fully saturated rings. The zero-order valence-corrected chi connectivity index (χ0v) is 13.0. The fourth-order valence-corrected chi connectivity index (χ4v) is 4.33. The average molecular weight is 291 g/mol. The quantitative estimate of drug-likeness (QED) is 0.853. The number of hydrogen-bond donors (Lipinski definition) is 0. The number of ether oxygens (including phenoxy) is 1. The van der Waals surface area contributed by atoms with Crippen LogP contribution in [0.15, 0.2) is 4.52 Å². The summed E-state index contributed by atoms with van der Waals surface area (Å²) in [4.78, 5) is 7.03. The molecule has 1 aromatic rings. The second kappa shape index (κ2) is 5.06. The molecule has 2 saturated heterocycles. The van der Waals surface area contributed by atoms with Crippen molar-refractivity contribution in [1.29, 1.82) is 0 Å². The van der Waals surface area contributed by atoms with Crippen LogP contribution >= 0.6 is 0 Å². The van der Waals surface area contributed by atoms with Crippen molar-refractivity contribution in [3.05, 3.63) is 11.7 Å². The maximum atomic E-state index is 5.99. The molecule has 21 heavy (non-hydrogen) atoms. The van der Waals surface area contributed by atoms with Crippen molar-refractivity contribution in [3.8, 4) is 0 Å². The van der Waals surface area contributed by atoms with Crippen molar-refractivity contribution in [2.24, 2.45) is 5.41 Å². The van der Waals surface area contributed by atoms with Crippen molar-refractivity contribution in [2.45, 2.75) is 70.6 Å². The third-order valence-corrected chi connectivity index (χ3v) is 5.54. The molecule has 4 rings (SSSR count). The van der Waals surface area contributed by atoms with Crippen molar-refractivity contribution in [3.63, 3.8) is 0 Å². The molecule has 0 bridgehead atoms. The Kier molecular flexibility index (Phi) is 3.30. The molecule has 1 aliphatic carbocycles. The Morgan fingerprint density at radius 3 is 2.76 bits per heavy atom. The zero-order chi connectivity index (χ0) is 14.4. The van der Waals surface area contributed by atoms with Gasteiger partial charge in [-0.1, -0.05) is 25.4 Å². The largest absolute Gasteiger partial charge is 0.377 e. The van der Waals surface area contributed by atoms with E-state index in [1.807, 2.05) is 0 Å². The van der Waals surface area contributed by atoms with Crippen LogP contribution < -0.4 is 0 Å². The van der Waals surface area contributed by atoms with Gasteiger partial charge in [0.05, 0.1) is 12.6 Å². The molecule has 1 spiro atoms. The fourth-order valence-electron chi connectivity index (χ4n) is 4.33. The molecular formula is C16H25N3O2. The lowest BCUT2D eigenvalue weighted by molar-refractivity contribution is -0.178. The first-order valence-electron chi connectivity index (χ1n) is 8.36. The molecule has 0 aromatic carbocycles. The number of likely N-dealkylation sites (tertiary alicyclic amines) is 1. The van der Waals surface area contributed by atoms with E-state index in [4.69, 9.17) is 9.26 Å². The lowest BCUT2D eigenvalue weighted by Crippen LogP contribution is -2.70. The molecule has 3 heterocycles. The van der Waals surface area contributed by atoms with E-state index in [9.17, 15) is 0 Å². The molecule has 5 nitrogen and oxygen atoms in total. The highest BCUT2D eigenvalue weighted by Gasteiger charge is 2.59. The third-order valence-electron chi connectivity index (χ3n) is 5.54. The minimum absolute atomic E-state index is 0.325. The van der Waals surface area contributed by atoms with Crippen LogP contribution in [0.2, 0.25) is 0 Å². The van der Waals surface area contributed by atoms with Gasteiger partial charge in [0.2, 0.25) is 5.89 Å². The Labute approximate surface area is 126 Å². The standard InChI is InChI=1S/C16H25N3O2/c1-11(2)15-17-13(21-18-15)9-19-10-16(6-4-7-16)14(19)12-5-3-8-20-12/h11-12,14H,3-10H2,1-2H3. The van der Waals surface area contributed by atoms with E-state index in [1.54, 1.807) is 0 Å². The van der Waals surface area contributed by atoms with E-state index in [1.165, 1.54) is 38.6 Å². The first-order chi connectivity index (χ1) is 10.2. The summed E-state index contributed by atoms with van der Waals surface area (Å²) in [6.45, 7) is 7.08. The maximum Gasteiger partial charge on any atom is 0.240 e. The first kappa shape index (κ1) is 13.7. The van der Waals surface area contributed by atoms with E-state index in [2.05, 4.69) is 28.9 Å². The van der Waals surface area contributed by atoms with Gasteiger partial charge in [0.15, 0.2) is 5.82 Å². The normalized spacial score (nSPS) is 31.6. The van der Waals surface area contributed by atoms with E-state index < -0.39 is 0 Å². The van der Waals surface area contributed by atoms with Gasteiger partial charge in [0.25, 0.3) is 0 Å². The van der Waals surface area contributed by atoms with Crippen LogP contribution in [0.4, 0.5) is 0 Å². The predicted octanol–water partition coefficient (Wildman–Crippen LogP) is 2.73. The highest BCUT2D eigenvalue weighted by molar-refractivity contribution is 5.12. The van der Waals surface area contributed by atoms with Gasteiger partial charge in [0.1, 0.15) is 0 Å². The SMILES string of the molecule is CC(C)c1noc(CN2CC3(CCC3)C2C2CCCO2)n1. The van der Waals surface area contributed by atoms with Crippen molar-refractivity contribution >= 4 is 0 Å². The van der Waals surface area contributed by atoms with Crippen LogP contribution in [0.3, 0.4) is 0 Å². The summed E-state index contributed by atoms with van der Waals surface area (Å²) in [7, 11) is 0. The Hall–Kier alpha value is -0.940. The summed E-state index contributed by atoms with van der Waals surface area (Å²) in [6.07, 6.45) is 6.97. The third kappa shape index (κ3) is 2.21. The maximum absolute atomic E-state index is 5.99. The highest BCUT2D eigenvalue weighted by Crippen LogP contribution is 2.55. The summed E-state index contributed by atoms with van der Waals surface area (Å²) in [5.41, 5.74) is 0.538. The minimum Gasteiger partial charge on any atom is -0.377 e. The molecule has 5 heteroatoms. The molecule has 1 aromatic heterocycles. The average Bonchev–Trinajstić information content (AvgIpc) is 3.02. The highest BCUT2D eigenvalue weighted by atomic mass is 16.5. The Balaban J connectivity index is 1.46. The van der Waals surface area contributed by atoms with Crippen LogP contribution in [0, 0.1) is 5.41 Å². The fraction of sp³-hybridized carbons (Fsp3) is 0.875. The van der Waals surface area contributed by atoms with E-state index in [0.717, 1.165) is 24.9 Å². The zero-order valence-electron chi connectivity index (χ0n) is 13.0. The van der Waals surface area contributed by atoms with Gasteiger partial charge < -0.3 is 9.26 Å². The lowest BCUT2D eigenvalue weighted by Gasteiger charge is -2.63. The van der Waals surface area contributed by atoms with Crippen LogP contribution in [0.1, 0.15) is 63.6 Å². The minimum atomic E-state index is 0.325. The van der Waals surface area contributed by atoms with Gasteiger partial charge in [-0.05, 0) is 25.7 Å². The molecule has 116 valence electrons. The molecule has 0 N–H and O–H groups in total. The van der Waals surface area contributed by atoms with Gasteiger partial charge in [-0.15, -0.1) is 0 Å². The van der Waals surface area contributed by atoms with Crippen molar-refractivity contribution < 1.29 is 9.26 Å². The number of rotatable bonds is 4. The van der Waals surface area contributed by atoms with Gasteiger partial charge in [-0.2, -0.15) is 4.98 Å². The Morgan fingerprint density at radius 1 is 1.33 bits per heavy atom. The summed E-state index contributed by atoms with van der Waals surface area (Å²) >= 11 is 0. The van der Waals surface area contributed by atoms with Crippen LogP contribution in [0.5, 0.6) is 0 Å². The smallest absolute Gasteiger partial charge is 0.240 e. The second-order valence-corrected chi connectivity index (χ2v) is 7.32. The van der Waals surface area contributed by atoms with Crippen LogP contribution in [-0.4, -0.2) is 40.3 Å². The van der Waals surface area contributed by atoms with Crippen molar-refractivity contribution in [1.82, 2.24) is 15.0 Å². The van der Waals surface area contributed by atoms with E-state index in [0.29, 0.717) is 23.5 Å². The molecule has 2 atom stereocenters. The molecule has 2 aliphatic heterocycles. The summed E-state index contributed by atoms with van der Waals surface area (Å²) in [6, 6.07) is 0.572. The second-order valence-electron chi connectivity index (χ2n) is 7.32. The Bertz CT molecular complexity index is 503. The van der Waals surface area contributed by atoms with E-state index in [-0.39, 0.29) is 0 Å². The molecule has 1 saturated carbocycles. The van der Waals surface area contributed by atoms with Crippen LogP contribution in [0.25, 0.3) is 0 Å². The van der Waals surface area contributed by atoms with Crippen LogP contribution in [-0.2, 0) is 11.3 Å². The van der Waals surface area contributed by atoms with Gasteiger partial charge in [-0.25, -0.2) is 0 Å². The number of aromatic nitrogens is 2. The first-order valence-corrected chi connectivity index (χ1v) is 8.36. The van der Waals surface area contributed by atoms with Gasteiger partial charge in [-0.3, -0.25) is 4.90 Å². The molecule has 0 amide bonds. The summed E-state index contributed by atoms with van der Waals surface area (Å²) in [5.74, 6) is 1.90. The van der Waals surface area contributed by atoms with E-state index >= 15 is 0 Å². The molecule has 2 unspecified atom stereocenters. The summed E-state index contributed by atoms with van der Waals surface area (Å²) < 4.78 is 11.4. The van der Waals surface area contributed by atoms with Gasteiger partial charge in [0, 0.05) is 30.5 Å². The number of hydrogen-bond acceptors (Lipinski definition) is 5. The predicted molar refractivity (Wildman–Crippen MR) is 77.8 cm³/mol. The monoisotopic (exact) mass is 291 g/mol. The van der Waals surface area contributed by atoms with Crippen molar-refractivity contribution in [2.75, 3.05) is 13.2 Å². The lowest BCUT2D eigenvalue weighted by atomic mass is 9.56. The molecule has 0 radical (unpaired) electrons. The topological polar surface area (TPSA) is 51.4 Å².